The zero-order chi connectivity index (χ0) is 16.0. The Morgan fingerprint density at radius 3 is 2.57 bits per heavy atom. The molecular formula is C13H22N4O4. The monoisotopic (exact) mass is 298 g/mol. The summed E-state index contributed by atoms with van der Waals surface area (Å²) in [4.78, 5) is 19.8. The third-order valence-corrected chi connectivity index (χ3v) is 3.00. The molecule has 1 aromatic heterocycles. The number of nitrogens with zero attached hydrogens (tertiary/aromatic N) is 3. The molecule has 0 aliphatic carbocycles. The highest BCUT2D eigenvalue weighted by atomic mass is 16.6. The zero-order valence-electron chi connectivity index (χ0n) is 12.8. The Bertz CT molecular complexity index is 487. The van der Waals surface area contributed by atoms with Gasteiger partial charge in [0.05, 0.1) is 11.0 Å². The SMILES string of the molecule is CC(C)(C)OC=O.Cc1c([N+](=O)[O-])cnn1C1CCNC1. The maximum atomic E-state index is 10.6. The molecule has 1 aromatic rings. The summed E-state index contributed by atoms with van der Waals surface area (Å²) in [6.07, 6.45) is 2.31. The first-order chi connectivity index (χ1) is 9.76. The Morgan fingerprint density at radius 1 is 1.57 bits per heavy atom. The number of hydrogen-bond donors (Lipinski definition) is 1. The van der Waals surface area contributed by atoms with E-state index in [1.165, 1.54) is 6.20 Å². The van der Waals surface area contributed by atoms with E-state index in [9.17, 15) is 14.9 Å². The van der Waals surface area contributed by atoms with E-state index in [4.69, 9.17) is 0 Å². The van der Waals surface area contributed by atoms with Crippen LogP contribution in [0.2, 0.25) is 0 Å². The Balaban J connectivity index is 0.000000270. The second-order valence-corrected chi connectivity index (χ2v) is 5.79. The molecule has 0 saturated carbocycles. The van der Waals surface area contributed by atoms with E-state index < -0.39 is 0 Å². The van der Waals surface area contributed by atoms with Gasteiger partial charge in [-0.3, -0.25) is 19.6 Å². The largest absolute Gasteiger partial charge is 0.462 e. The number of rotatable bonds is 3. The molecule has 1 aliphatic heterocycles. The van der Waals surface area contributed by atoms with E-state index in [1.807, 2.05) is 20.8 Å². The maximum Gasteiger partial charge on any atom is 0.309 e. The first-order valence-electron chi connectivity index (χ1n) is 6.77. The van der Waals surface area contributed by atoms with E-state index in [0.717, 1.165) is 19.5 Å². The molecule has 8 heteroatoms. The lowest BCUT2D eigenvalue weighted by molar-refractivity contribution is -0.385. The number of carbonyl (C=O) groups excluding carboxylic acids is 1. The van der Waals surface area contributed by atoms with Crippen LogP contribution < -0.4 is 5.32 Å². The normalized spacial score (nSPS) is 17.8. The molecule has 1 saturated heterocycles. The molecule has 0 aromatic carbocycles. The minimum atomic E-state index is -0.388. The van der Waals surface area contributed by atoms with Gasteiger partial charge in [0.25, 0.3) is 6.47 Å². The zero-order valence-corrected chi connectivity index (χ0v) is 12.8. The standard InChI is InChI=1S/C8H12N4O2.C5H10O2/c1-6-8(12(13)14)5-10-11(6)7-2-3-9-4-7;1-5(2,3)7-4-6/h5,7,9H,2-4H2,1H3;4H,1-3H3. The second kappa shape index (κ2) is 7.16. The average Bonchev–Trinajstić information content (AvgIpc) is 2.96. The molecule has 1 fully saturated rings. The van der Waals surface area contributed by atoms with Crippen LogP contribution in [-0.4, -0.2) is 39.9 Å². The van der Waals surface area contributed by atoms with Crippen molar-refractivity contribution < 1.29 is 14.5 Å². The molecule has 0 radical (unpaired) electrons. The first kappa shape index (κ1) is 17.1. The van der Waals surface area contributed by atoms with Crippen molar-refractivity contribution in [3.8, 4) is 0 Å². The number of aromatic nitrogens is 2. The van der Waals surface area contributed by atoms with Gasteiger partial charge in [-0.2, -0.15) is 5.10 Å². The summed E-state index contributed by atoms with van der Waals surface area (Å²) in [5, 5.41) is 17.8. The van der Waals surface area contributed by atoms with Crippen molar-refractivity contribution in [1.82, 2.24) is 15.1 Å². The van der Waals surface area contributed by atoms with Crippen LogP contribution in [0.1, 0.15) is 38.9 Å². The topological polar surface area (TPSA) is 99.3 Å². The van der Waals surface area contributed by atoms with Crippen LogP contribution in [0.15, 0.2) is 6.20 Å². The molecule has 1 unspecified atom stereocenters. The quantitative estimate of drug-likeness (QED) is 0.517. The molecule has 8 nitrogen and oxygen atoms in total. The van der Waals surface area contributed by atoms with Gasteiger partial charge in [-0.15, -0.1) is 0 Å². The van der Waals surface area contributed by atoms with Crippen molar-refractivity contribution >= 4 is 12.2 Å². The number of ether oxygens (including phenoxy) is 1. The highest BCUT2D eigenvalue weighted by molar-refractivity contribution is 5.37. The fourth-order valence-electron chi connectivity index (χ4n) is 1.95. The van der Waals surface area contributed by atoms with Crippen molar-refractivity contribution in [2.45, 2.75) is 45.8 Å². The van der Waals surface area contributed by atoms with E-state index in [0.29, 0.717) is 12.2 Å². The van der Waals surface area contributed by atoms with Crippen LogP contribution in [0, 0.1) is 17.0 Å². The summed E-state index contributed by atoms with van der Waals surface area (Å²) in [5.74, 6) is 0. The van der Waals surface area contributed by atoms with Crippen molar-refractivity contribution in [3.05, 3.63) is 22.0 Å². The summed E-state index contributed by atoms with van der Waals surface area (Å²) in [5.41, 5.74) is 0.433. The summed E-state index contributed by atoms with van der Waals surface area (Å²) < 4.78 is 6.30. The van der Waals surface area contributed by atoms with E-state index in [2.05, 4.69) is 15.2 Å². The van der Waals surface area contributed by atoms with Gasteiger partial charge >= 0.3 is 5.69 Å². The minimum Gasteiger partial charge on any atom is -0.462 e. The minimum absolute atomic E-state index is 0.108. The molecule has 0 bridgehead atoms. The predicted molar refractivity (Wildman–Crippen MR) is 77.0 cm³/mol. The van der Waals surface area contributed by atoms with Gasteiger partial charge < -0.3 is 10.1 Å². The van der Waals surface area contributed by atoms with Crippen LogP contribution in [0.5, 0.6) is 0 Å². The maximum absolute atomic E-state index is 10.6. The Labute approximate surface area is 123 Å². The van der Waals surface area contributed by atoms with E-state index in [-0.39, 0.29) is 22.3 Å². The van der Waals surface area contributed by atoms with Gasteiger partial charge in [0.2, 0.25) is 0 Å². The van der Waals surface area contributed by atoms with E-state index in [1.54, 1.807) is 11.6 Å². The van der Waals surface area contributed by atoms with Crippen LogP contribution in [0.3, 0.4) is 0 Å². The molecule has 21 heavy (non-hydrogen) atoms. The van der Waals surface area contributed by atoms with Crippen LogP contribution in [0.4, 0.5) is 5.69 Å². The lowest BCUT2D eigenvalue weighted by Gasteiger charge is -2.14. The van der Waals surface area contributed by atoms with Crippen LogP contribution in [-0.2, 0) is 9.53 Å². The highest BCUT2D eigenvalue weighted by Gasteiger charge is 2.23. The Hall–Kier alpha value is -1.96. The van der Waals surface area contributed by atoms with Gasteiger partial charge in [0, 0.05) is 6.54 Å². The van der Waals surface area contributed by atoms with Crippen molar-refractivity contribution in [2.75, 3.05) is 13.1 Å². The lowest BCUT2D eigenvalue weighted by atomic mass is 10.2. The molecule has 118 valence electrons. The highest BCUT2D eigenvalue weighted by Crippen LogP contribution is 2.22. The van der Waals surface area contributed by atoms with Crippen molar-refractivity contribution in [1.29, 1.82) is 0 Å². The van der Waals surface area contributed by atoms with Gasteiger partial charge in [-0.25, -0.2) is 0 Å². The summed E-state index contributed by atoms with van der Waals surface area (Å²) in [7, 11) is 0. The van der Waals surface area contributed by atoms with Gasteiger partial charge in [-0.05, 0) is 40.7 Å². The molecular weight excluding hydrogens is 276 g/mol. The molecule has 1 atom stereocenters. The van der Waals surface area contributed by atoms with Crippen molar-refractivity contribution in [3.63, 3.8) is 0 Å². The van der Waals surface area contributed by atoms with Gasteiger partial charge in [0.15, 0.2) is 0 Å². The third-order valence-electron chi connectivity index (χ3n) is 3.00. The summed E-state index contributed by atoms with van der Waals surface area (Å²) in [6.45, 7) is 9.46. The number of hydrogen-bond acceptors (Lipinski definition) is 6. The smallest absolute Gasteiger partial charge is 0.309 e. The van der Waals surface area contributed by atoms with E-state index >= 15 is 0 Å². The fraction of sp³-hybridized carbons (Fsp3) is 0.692. The molecule has 0 amide bonds. The first-order valence-corrected chi connectivity index (χ1v) is 6.77. The Kier molecular flexibility index (Phi) is 5.83. The summed E-state index contributed by atoms with van der Waals surface area (Å²) in [6, 6.07) is 0.267. The third kappa shape index (κ3) is 5.14. The average molecular weight is 298 g/mol. The summed E-state index contributed by atoms with van der Waals surface area (Å²) >= 11 is 0. The van der Waals surface area contributed by atoms with Gasteiger partial charge in [0.1, 0.15) is 17.5 Å². The Morgan fingerprint density at radius 2 is 2.24 bits per heavy atom. The molecule has 0 spiro atoms. The van der Waals surface area contributed by atoms with Crippen LogP contribution in [0.25, 0.3) is 0 Å². The van der Waals surface area contributed by atoms with Crippen LogP contribution >= 0.6 is 0 Å². The fourth-order valence-corrected chi connectivity index (χ4v) is 1.95. The molecule has 1 aliphatic rings. The molecule has 2 rings (SSSR count). The molecule has 1 N–H and O–H groups in total. The number of nitro groups is 1. The molecule has 2 heterocycles. The second-order valence-electron chi connectivity index (χ2n) is 5.79. The van der Waals surface area contributed by atoms with Gasteiger partial charge in [-0.1, -0.05) is 0 Å². The predicted octanol–water partition coefficient (Wildman–Crippen LogP) is 1.59. The number of nitrogens with one attached hydrogen (secondary N) is 1. The number of carbonyl (C=O) groups is 1. The lowest BCUT2D eigenvalue weighted by Crippen LogP contribution is -2.17. The van der Waals surface area contributed by atoms with Crippen molar-refractivity contribution in [2.24, 2.45) is 0 Å².